The van der Waals surface area contributed by atoms with Gasteiger partial charge in [-0.25, -0.2) is 13.1 Å². The highest BCUT2D eigenvalue weighted by molar-refractivity contribution is 7.90. The maximum atomic E-state index is 13.1. The van der Waals surface area contributed by atoms with Gasteiger partial charge in [-0.05, 0) is 55.7 Å². The van der Waals surface area contributed by atoms with Crippen molar-refractivity contribution in [1.29, 1.82) is 0 Å². The second-order valence-electron chi connectivity index (χ2n) is 7.73. The summed E-state index contributed by atoms with van der Waals surface area (Å²) in [4.78, 5) is 27.7. The molecular weight excluding hydrogens is 456 g/mol. The van der Waals surface area contributed by atoms with Gasteiger partial charge in [0, 0.05) is 13.1 Å². The van der Waals surface area contributed by atoms with Gasteiger partial charge < -0.3 is 4.90 Å². The molecule has 6 nitrogen and oxygen atoms in total. The van der Waals surface area contributed by atoms with Gasteiger partial charge in [-0.3, -0.25) is 9.59 Å². The van der Waals surface area contributed by atoms with Gasteiger partial charge in [0.25, 0.3) is 10.0 Å². The van der Waals surface area contributed by atoms with E-state index in [0.717, 1.165) is 21.9 Å². The molecule has 0 spiro atoms. The Labute approximate surface area is 202 Å². The molecule has 33 heavy (non-hydrogen) atoms. The quantitative estimate of drug-likeness (QED) is 0.491. The monoisotopic (exact) mass is 486 g/mol. The van der Waals surface area contributed by atoms with E-state index in [1.54, 1.807) is 17.0 Å². The number of sulfonamides is 1. The number of carbonyl (C=O) groups is 2. The van der Waals surface area contributed by atoms with Crippen molar-refractivity contribution in [2.45, 2.75) is 32.1 Å². The Morgan fingerprint density at radius 3 is 2.12 bits per heavy atom. The zero-order valence-corrected chi connectivity index (χ0v) is 20.9. The highest BCUT2D eigenvalue weighted by Crippen LogP contribution is 2.20. The summed E-state index contributed by atoms with van der Waals surface area (Å²) in [6.45, 7) is 6.47. The van der Waals surface area contributed by atoms with Crippen molar-refractivity contribution in [3.05, 3.63) is 77.9 Å². The summed E-state index contributed by atoms with van der Waals surface area (Å²) < 4.78 is 28.1. The number of benzene rings is 3. The van der Waals surface area contributed by atoms with Gasteiger partial charge in [0.15, 0.2) is 0 Å². The second kappa shape index (κ2) is 11.3. The molecule has 3 aromatic rings. The molecule has 0 aliphatic heterocycles. The number of amides is 2. The fourth-order valence-electron chi connectivity index (χ4n) is 3.60. The summed E-state index contributed by atoms with van der Waals surface area (Å²) in [5, 5.41) is 1.64. The third kappa shape index (κ3) is 6.36. The SMILES string of the molecule is CCN(CC)C(=O)C(Cc1ccc(C)cc1)C(=O)NS(=O)(=O)c1ccc2ccccc2c1.S. The maximum absolute atomic E-state index is 13.1. The first-order valence-electron chi connectivity index (χ1n) is 10.6. The number of hydrogen-bond donors (Lipinski definition) is 1. The van der Waals surface area contributed by atoms with Gasteiger partial charge in [0.2, 0.25) is 11.8 Å². The number of rotatable bonds is 8. The van der Waals surface area contributed by atoms with Crippen LogP contribution in [0.4, 0.5) is 0 Å². The van der Waals surface area contributed by atoms with Crippen molar-refractivity contribution < 1.29 is 18.0 Å². The molecule has 0 saturated heterocycles. The molecule has 0 aliphatic carbocycles. The Balaban J connectivity index is 0.00000385. The van der Waals surface area contributed by atoms with Crippen molar-refractivity contribution in [2.75, 3.05) is 13.1 Å². The Bertz CT molecular complexity index is 1220. The van der Waals surface area contributed by atoms with Crippen molar-refractivity contribution in [3.8, 4) is 0 Å². The third-order valence-corrected chi connectivity index (χ3v) is 6.86. The van der Waals surface area contributed by atoms with Crippen LogP contribution in [0.1, 0.15) is 25.0 Å². The highest BCUT2D eigenvalue weighted by atomic mass is 32.2. The number of nitrogens with zero attached hydrogens (tertiary/aromatic N) is 1. The fraction of sp³-hybridized carbons (Fsp3) is 0.280. The van der Waals surface area contributed by atoms with E-state index in [4.69, 9.17) is 0 Å². The van der Waals surface area contributed by atoms with Crippen LogP contribution in [-0.2, 0) is 26.0 Å². The summed E-state index contributed by atoms with van der Waals surface area (Å²) in [6, 6.07) is 19.5. The van der Waals surface area contributed by atoms with E-state index in [1.807, 2.05) is 63.2 Å². The van der Waals surface area contributed by atoms with Gasteiger partial charge in [-0.1, -0.05) is 60.2 Å². The minimum atomic E-state index is -4.14. The lowest BCUT2D eigenvalue weighted by Gasteiger charge is -2.24. The van der Waals surface area contributed by atoms with E-state index < -0.39 is 21.8 Å². The van der Waals surface area contributed by atoms with Crippen LogP contribution in [0.3, 0.4) is 0 Å². The molecule has 0 fully saturated rings. The molecule has 0 aliphatic rings. The molecule has 3 rings (SSSR count). The van der Waals surface area contributed by atoms with Gasteiger partial charge >= 0.3 is 0 Å². The Morgan fingerprint density at radius 2 is 1.52 bits per heavy atom. The maximum Gasteiger partial charge on any atom is 0.264 e. The van der Waals surface area contributed by atoms with Crippen LogP contribution in [0.2, 0.25) is 0 Å². The molecular formula is C25H30N2O4S2. The first-order chi connectivity index (χ1) is 15.2. The molecule has 8 heteroatoms. The Morgan fingerprint density at radius 1 is 0.909 bits per heavy atom. The molecule has 0 aromatic heterocycles. The van der Waals surface area contributed by atoms with Crippen LogP contribution >= 0.6 is 13.5 Å². The minimum Gasteiger partial charge on any atom is -0.343 e. The molecule has 1 unspecified atom stereocenters. The zero-order valence-electron chi connectivity index (χ0n) is 19.0. The van der Waals surface area contributed by atoms with E-state index >= 15 is 0 Å². The minimum absolute atomic E-state index is 0. The summed E-state index contributed by atoms with van der Waals surface area (Å²) in [7, 11) is -4.14. The van der Waals surface area contributed by atoms with Crippen LogP contribution in [-0.4, -0.2) is 38.2 Å². The fourth-order valence-corrected chi connectivity index (χ4v) is 4.66. The summed E-state index contributed by atoms with van der Waals surface area (Å²) in [6.07, 6.45) is 0.120. The molecule has 0 radical (unpaired) electrons. The van der Waals surface area contributed by atoms with E-state index in [9.17, 15) is 18.0 Å². The third-order valence-electron chi connectivity index (χ3n) is 5.52. The Hall–Kier alpha value is -2.84. The largest absolute Gasteiger partial charge is 0.343 e. The summed E-state index contributed by atoms with van der Waals surface area (Å²) >= 11 is 0. The van der Waals surface area contributed by atoms with Crippen molar-refractivity contribution in [1.82, 2.24) is 9.62 Å². The van der Waals surface area contributed by atoms with Gasteiger partial charge in [0.05, 0.1) is 4.90 Å². The topological polar surface area (TPSA) is 83.6 Å². The smallest absolute Gasteiger partial charge is 0.264 e. The predicted octanol–water partition coefficient (Wildman–Crippen LogP) is 3.79. The standard InChI is InChI=1S/C25H28N2O4S.H2S/c1-4-27(5-2)25(29)23(16-19-12-10-18(3)11-13-19)24(28)26-32(30,31)22-15-14-20-8-6-7-9-21(20)17-22;/h6-15,17,23H,4-5,16H2,1-3H3,(H,26,28);1H2. The molecule has 0 heterocycles. The average molecular weight is 487 g/mol. The van der Waals surface area contributed by atoms with E-state index in [1.165, 1.54) is 12.1 Å². The van der Waals surface area contributed by atoms with Crippen LogP contribution in [0, 0.1) is 12.8 Å². The lowest BCUT2D eigenvalue weighted by atomic mass is 9.96. The molecule has 0 saturated carbocycles. The number of nitrogens with one attached hydrogen (secondary N) is 1. The molecule has 0 bridgehead atoms. The second-order valence-corrected chi connectivity index (χ2v) is 9.41. The van der Waals surface area contributed by atoms with Crippen LogP contribution in [0.5, 0.6) is 0 Å². The average Bonchev–Trinajstić information content (AvgIpc) is 2.78. The van der Waals surface area contributed by atoms with Crippen LogP contribution in [0.15, 0.2) is 71.6 Å². The predicted molar refractivity (Wildman–Crippen MR) is 136 cm³/mol. The highest BCUT2D eigenvalue weighted by Gasteiger charge is 2.33. The summed E-state index contributed by atoms with van der Waals surface area (Å²) in [5.74, 6) is -2.36. The van der Waals surface area contributed by atoms with Gasteiger partial charge in [-0.15, -0.1) is 0 Å². The lowest BCUT2D eigenvalue weighted by Crippen LogP contribution is -2.46. The number of fused-ring (bicyclic) bond motifs is 1. The number of aryl methyl sites for hydroxylation is 1. The van der Waals surface area contributed by atoms with E-state index in [2.05, 4.69) is 4.72 Å². The van der Waals surface area contributed by atoms with Crippen LogP contribution in [0.25, 0.3) is 10.8 Å². The first kappa shape index (κ1) is 26.4. The van der Waals surface area contributed by atoms with Crippen molar-refractivity contribution in [2.24, 2.45) is 5.92 Å². The number of carbonyl (C=O) groups excluding carboxylic acids is 2. The molecule has 1 N–H and O–H groups in total. The molecule has 1 atom stereocenters. The molecule has 2 amide bonds. The Kier molecular flexibility index (Phi) is 9.07. The summed E-state index contributed by atoms with van der Waals surface area (Å²) in [5.41, 5.74) is 1.85. The van der Waals surface area contributed by atoms with Crippen molar-refractivity contribution >= 4 is 46.1 Å². The lowest BCUT2D eigenvalue weighted by molar-refractivity contribution is -0.141. The van der Waals surface area contributed by atoms with Gasteiger partial charge in [0.1, 0.15) is 5.92 Å². The normalized spacial score (nSPS) is 12.0. The van der Waals surface area contributed by atoms with Crippen molar-refractivity contribution in [3.63, 3.8) is 0 Å². The van der Waals surface area contributed by atoms with E-state index in [0.29, 0.717) is 13.1 Å². The number of hydrogen-bond acceptors (Lipinski definition) is 4. The zero-order chi connectivity index (χ0) is 23.3. The first-order valence-corrected chi connectivity index (χ1v) is 12.1. The van der Waals surface area contributed by atoms with Crippen LogP contribution < -0.4 is 4.72 Å². The molecule has 176 valence electrons. The van der Waals surface area contributed by atoms with E-state index in [-0.39, 0.29) is 30.7 Å². The van der Waals surface area contributed by atoms with Gasteiger partial charge in [-0.2, -0.15) is 13.5 Å². The molecule has 3 aromatic carbocycles.